The van der Waals surface area contributed by atoms with E-state index in [0.717, 1.165) is 5.56 Å². The molecule has 1 aromatic rings. The van der Waals surface area contributed by atoms with Crippen molar-refractivity contribution in [2.24, 2.45) is 11.7 Å². The molecule has 1 aromatic carbocycles. The average Bonchev–Trinajstić information content (AvgIpc) is 2.16. The maximum absolute atomic E-state index is 9.88. The normalized spacial score (nSPS) is 15.6. The van der Waals surface area contributed by atoms with Gasteiger partial charge in [-0.2, -0.15) is 0 Å². The van der Waals surface area contributed by atoms with Crippen molar-refractivity contribution < 1.29 is 5.11 Å². The van der Waals surface area contributed by atoms with Crippen molar-refractivity contribution >= 4 is 11.6 Å². The third-order valence-electron chi connectivity index (χ3n) is 2.35. The molecule has 0 unspecified atom stereocenters. The Labute approximate surface area is 89.7 Å². The monoisotopic (exact) mass is 213 g/mol. The Balaban J connectivity index is 2.78. The minimum atomic E-state index is -0.618. The Morgan fingerprint density at radius 3 is 2.14 bits per heavy atom. The molecule has 0 heterocycles. The van der Waals surface area contributed by atoms with Gasteiger partial charge in [0.15, 0.2) is 0 Å². The van der Waals surface area contributed by atoms with Crippen LogP contribution in [0.1, 0.15) is 25.5 Å². The fourth-order valence-corrected chi connectivity index (χ4v) is 1.37. The van der Waals surface area contributed by atoms with Gasteiger partial charge in [-0.15, -0.1) is 0 Å². The molecule has 0 radical (unpaired) electrons. The van der Waals surface area contributed by atoms with Crippen molar-refractivity contribution in [3.63, 3.8) is 0 Å². The van der Waals surface area contributed by atoms with E-state index in [9.17, 15) is 5.11 Å². The summed E-state index contributed by atoms with van der Waals surface area (Å²) in [4.78, 5) is 0. The van der Waals surface area contributed by atoms with E-state index in [0.29, 0.717) is 5.02 Å². The zero-order valence-corrected chi connectivity index (χ0v) is 9.20. The van der Waals surface area contributed by atoms with Gasteiger partial charge in [0.05, 0.1) is 6.10 Å². The summed E-state index contributed by atoms with van der Waals surface area (Å²) >= 11 is 5.75. The molecule has 2 nitrogen and oxygen atoms in total. The van der Waals surface area contributed by atoms with Crippen LogP contribution in [0.25, 0.3) is 0 Å². The Hall–Kier alpha value is -0.570. The van der Waals surface area contributed by atoms with Crippen molar-refractivity contribution in [3.05, 3.63) is 34.9 Å². The van der Waals surface area contributed by atoms with E-state index in [-0.39, 0.29) is 12.0 Å². The molecule has 0 aliphatic rings. The van der Waals surface area contributed by atoms with Crippen LogP contribution in [-0.2, 0) is 0 Å². The van der Waals surface area contributed by atoms with Gasteiger partial charge < -0.3 is 10.8 Å². The first-order chi connectivity index (χ1) is 6.52. The van der Waals surface area contributed by atoms with Crippen LogP contribution < -0.4 is 5.73 Å². The van der Waals surface area contributed by atoms with Crippen molar-refractivity contribution in [1.82, 2.24) is 0 Å². The van der Waals surface area contributed by atoms with Crippen molar-refractivity contribution in [2.45, 2.75) is 26.0 Å². The molecular formula is C11H16ClNO. The Kier molecular flexibility index (Phi) is 3.93. The van der Waals surface area contributed by atoms with Gasteiger partial charge in [-0.05, 0) is 23.6 Å². The smallest absolute Gasteiger partial charge is 0.0943 e. The Morgan fingerprint density at radius 1 is 1.21 bits per heavy atom. The minimum Gasteiger partial charge on any atom is -0.387 e. The molecule has 0 fully saturated rings. The highest BCUT2D eigenvalue weighted by molar-refractivity contribution is 6.30. The van der Waals surface area contributed by atoms with E-state index < -0.39 is 6.10 Å². The SMILES string of the molecule is CC(C)[C@H](N)[C@@H](O)c1ccc(Cl)cc1. The van der Waals surface area contributed by atoms with Crippen molar-refractivity contribution in [2.75, 3.05) is 0 Å². The van der Waals surface area contributed by atoms with Gasteiger partial charge in [0.25, 0.3) is 0 Å². The van der Waals surface area contributed by atoms with Gasteiger partial charge >= 0.3 is 0 Å². The summed E-state index contributed by atoms with van der Waals surface area (Å²) in [5.74, 6) is 0.251. The summed E-state index contributed by atoms with van der Waals surface area (Å²) < 4.78 is 0. The first-order valence-electron chi connectivity index (χ1n) is 4.71. The minimum absolute atomic E-state index is 0.240. The summed E-state index contributed by atoms with van der Waals surface area (Å²) in [6.45, 7) is 3.98. The third kappa shape index (κ3) is 2.71. The van der Waals surface area contributed by atoms with Gasteiger partial charge in [-0.3, -0.25) is 0 Å². The first kappa shape index (κ1) is 11.5. The maximum atomic E-state index is 9.88. The molecule has 0 bridgehead atoms. The van der Waals surface area contributed by atoms with Crippen LogP contribution in [0.2, 0.25) is 5.02 Å². The Bertz CT molecular complexity index is 284. The molecule has 3 N–H and O–H groups in total. The van der Waals surface area contributed by atoms with Crippen molar-refractivity contribution in [1.29, 1.82) is 0 Å². The summed E-state index contributed by atoms with van der Waals surface area (Å²) in [5.41, 5.74) is 6.66. The number of benzene rings is 1. The van der Waals surface area contributed by atoms with E-state index in [2.05, 4.69) is 0 Å². The highest BCUT2D eigenvalue weighted by atomic mass is 35.5. The third-order valence-corrected chi connectivity index (χ3v) is 2.60. The average molecular weight is 214 g/mol. The molecule has 0 amide bonds. The molecule has 0 aliphatic carbocycles. The molecule has 2 atom stereocenters. The van der Waals surface area contributed by atoms with Crippen molar-refractivity contribution in [3.8, 4) is 0 Å². The summed E-state index contributed by atoms with van der Waals surface area (Å²) in [6, 6.07) is 6.88. The second-order valence-electron chi connectivity index (χ2n) is 3.82. The second-order valence-corrected chi connectivity index (χ2v) is 4.25. The second kappa shape index (κ2) is 4.78. The Morgan fingerprint density at radius 2 is 1.71 bits per heavy atom. The molecule has 14 heavy (non-hydrogen) atoms. The fourth-order valence-electron chi connectivity index (χ4n) is 1.25. The standard InChI is InChI=1S/C11H16ClNO/c1-7(2)10(13)11(14)8-3-5-9(12)6-4-8/h3-7,10-11,14H,13H2,1-2H3/t10-,11-/m0/s1. The predicted octanol–water partition coefficient (Wildman–Crippen LogP) is 2.36. The van der Waals surface area contributed by atoms with Crippen LogP contribution in [0.15, 0.2) is 24.3 Å². The lowest BCUT2D eigenvalue weighted by molar-refractivity contribution is 0.126. The lowest BCUT2D eigenvalue weighted by atomic mass is 9.94. The number of rotatable bonds is 3. The summed E-state index contributed by atoms with van der Waals surface area (Å²) in [7, 11) is 0. The van der Waals surface area contributed by atoms with Gasteiger partial charge in [-0.25, -0.2) is 0 Å². The fraction of sp³-hybridized carbons (Fsp3) is 0.455. The van der Waals surface area contributed by atoms with Crippen LogP contribution in [0, 0.1) is 5.92 Å². The molecule has 0 aromatic heterocycles. The lowest BCUT2D eigenvalue weighted by Gasteiger charge is -2.22. The van der Waals surface area contributed by atoms with Gasteiger partial charge in [0, 0.05) is 11.1 Å². The molecule has 0 saturated heterocycles. The first-order valence-corrected chi connectivity index (χ1v) is 5.09. The topological polar surface area (TPSA) is 46.2 Å². The molecule has 3 heteroatoms. The van der Waals surface area contributed by atoms with Crippen LogP contribution in [0.4, 0.5) is 0 Å². The molecular weight excluding hydrogens is 198 g/mol. The van der Waals surface area contributed by atoms with Crippen LogP contribution in [-0.4, -0.2) is 11.1 Å². The maximum Gasteiger partial charge on any atom is 0.0943 e. The predicted molar refractivity (Wildman–Crippen MR) is 59.2 cm³/mol. The number of aliphatic hydroxyl groups is 1. The van der Waals surface area contributed by atoms with E-state index >= 15 is 0 Å². The highest BCUT2D eigenvalue weighted by Gasteiger charge is 2.19. The zero-order valence-electron chi connectivity index (χ0n) is 8.44. The molecule has 0 aliphatic heterocycles. The number of hydrogen-bond acceptors (Lipinski definition) is 2. The van der Waals surface area contributed by atoms with E-state index in [1.54, 1.807) is 24.3 Å². The molecule has 0 saturated carbocycles. The van der Waals surface area contributed by atoms with Gasteiger partial charge in [-0.1, -0.05) is 37.6 Å². The lowest BCUT2D eigenvalue weighted by Crippen LogP contribution is -2.33. The van der Waals surface area contributed by atoms with E-state index in [1.165, 1.54) is 0 Å². The number of nitrogens with two attached hydrogens (primary N) is 1. The zero-order chi connectivity index (χ0) is 10.7. The quantitative estimate of drug-likeness (QED) is 0.810. The number of halogens is 1. The van der Waals surface area contributed by atoms with E-state index in [1.807, 2.05) is 13.8 Å². The molecule has 1 rings (SSSR count). The summed E-state index contributed by atoms with van der Waals surface area (Å²) in [6.07, 6.45) is -0.618. The largest absolute Gasteiger partial charge is 0.387 e. The van der Waals surface area contributed by atoms with Crippen LogP contribution in [0.5, 0.6) is 0 Å². The van der Waals surface area contributed by atoms with Crippen LogP contribution in [0.3, 0.4) is 0 Å². The molecule has 0 spiro atoms. The summed E-state index contributed by atoms with van der Waals surface area (Å²) in [5, 5.41) is 10.5. The highest BCUT2D eigenvalue weighted by Crippen LogP contribution is 2.21. The van der Waals surface area contributed by atoms with E-state index in [4.69, 9.17) is 17.3 Å². The number of hydrogen-bond donors (Lipinski definition) is 2. The van der Waals surface area contributed by atoms with Gasteiger partial charge in [0.2, 0.25) is 0 Å². The number of aliphatic hydroxyl groups excluding tert-OH is 1. The van der Waals surface area contributed by atoms with Gasteiger partial charge in [0.1, 0.15) is 0 Å². The molecule has 78 valence electrons. The van der Waals surface area contributed by atoms with Crippen LogP contribution >= 0.6 is 11.6 Å².